The van der Waals surface area contributed by atoms with Gasteiger partial charge in [0.1, 0.15) is 36.6 Å². The topological polar surface area (TPSA) is 189 Å². The third kappa shape index (κ3) is 52.0. The van der Waals surface area contributed by atoms with E-state index in [0.717, 1.165) is 32.1 Å². The number of ether oxygens (including phenoxy) is 2. The number of allylic oxidation sites excluding steroid dienone is 2. The Bertz CT molecular complexity index is 1420. The molecular formula is C76H149NO10. The average Bonchev–Trinajstić information content (AvgIpc) is 1.97. The number of unbranched alkanes of at least 4 members (excludes halogenated alkanes) is 55. The largest absolute Gasteiger partial charge is 0.394 e. The predicted octanol–water partition coefficient (Wildman–Crippen LogP) is 19.4. The Balaban J connectivity index is 2.16. The summed E-state index contributed by atoms with van der Waals surface area (Å²) in [5, 5.41) is 76.6. The molecule has 1 saturated heterocycles. The Labute approximate surface area is 538 Å². The van der Waals surface area contributed by atoms with Crippen molar-refractivity contribution in [2.75, 3.05) is 13.2 Å². The summed E-state index contributed by atoms with van der Waals surface area (Å²) in [6, 6.07) is -1.18. The second-order valence-corrected chi connectivity index (χ2v) is 27.4. The van der Waals surface area contributed by atoms with E-state index in [9.17, 15) is 40.5 Å². The molecule has 0 aromatic heterocycles. The van der Waals surface area contributed by atoms with E-state index < -0.39 is 74.2 Å². The molecule has 11 nitrogen and oxygen atoms in total. The van der Waals surface area contributed by atoms with Gasteiger partial charge in [0.25, 0.3) is 0 Å². The van der Waals surface area contributed by atoms with Crippen LogP contribution in [0.1, 0.15) is 399 Å². The molecule has 1 rings (SSSR count). The Morgan fingerprint density at radius 2 is 0.678 bits per heavy atom. The van der Waals surface area contributed by atoms with Crippen LogP contribution in [0.5, 0.6) is 0 Å². The minimum absolute atomic E-state index is 0.260. The van der Waals surface area contributed by atoms with E-state index in [1.807, 2.05) is 0 Å². The van der Waals surface area contributed by atoms with Crippen molar-refractivity contribution in [3.8, 4) is 0 Å². The second-order valence-electron chi connectivity index (χ2n) is 27.4. The fraction of sp³-hybridized carbons (Fsp3) is 0.961. The molecule has 0 radical (unpaired) electrons. The van der Waals surface area contributed by atoms with Gasteiger partial charge in [0.2, 0.25) is 5.91 Å². The highest BCUT2D eigenvalue weighted by Crippen LogP contribution is 2.24. The van der Waals surface area contributed by atoms with Gasteiger partial charge in [-0.3, -0.25) is 4.79 Å². The zero-order chi connectivity index (χ0) is 63.1. The summed E-state index contributed by atoms with van der Waals surface area (Å²) in [7, 11) is 0. The fourth-order valence-electron chi connectivity index (χ4n) is 12.9. The molecule has 0 saturated carbocycles. The maximum Gasteiger partial charge on any atom is 0.249 e. The van der Waals surface area contributed by atoms with Gasteiger partial charge < -0.3 is 50.5 Å². The van der Waals surface area contributed by atoms with Crippen molar-refractivity contribution in [3.63, 3.8) is 0 Å². The maximum absolute atomic E-state index is 13.3. The lowest BCUT2D eigenvalue weighted by Gasteiger charge is -2.40. The molecule has 0 aliphatic carbocycles. The number of rotatable bonds is 69. The first-order chi connectivity index (χ1) is 42.7. The summed E-state index contributed by atoms with van der Waals surface area (Å²) in [6.07, 6.45) is 70.4. The lowest BCUT2D eigenvalue weighted by atomic mass is 9.98. The fourth-order valence-corrected chi connectivity index (χ4v) is 12.9. The standard InChI is InChI=1S/C76H149NO10/c1-3-5-7-9-11-13-15-17-19-21-23-25-27-29-31-33-34-36-37-39-41-43-45-47-49-51-53-55-57-59-61-63-68(79)71(81)67(66-86-76-74(84)73(83)72(82)70(65-78)87-76)77-75(85)69(80)64-62-60-58-56-54-52-50-48-46-44-42-40-38-35-32-30-28-26-24-22-20-18-16-14-12-10-8-6-4-2/h55,57,67-74,76,78-84H,3-54,56,58-66H2,1-2H3,(H,77,85)/b57-55+. The lowest BCUT2D eigenvalue weighted by molar-refractivity contribution is -0.303. The van der Waals surface area contributed by atoms with Crippen LogP contribution >= 0.6 is 0 Å². The van der Waals surface area contributed by atoms with Gasteiger partial charge in [-0.05, 0) is 38.5 Å². The molecule has 1 heterocycles. The summed E-state index contributed by atoms with van der Waals surface area (Å²) >= 11 is 0. The molecule has 8 N–H and O–H groups in total. The highest BCUT2D eigenvalue weighted by atomic mass is 16.7. The van der Waals surface area contributed by atoms with Crippen LogP contribution in [0.2, 0.25) is 0 Å². The number of aliphatic hydroxyl groups is 7. The van der Waals surface area contributed by atoms with Crippen LogP contribution in [0.4, 0.5) is 0 Å². The molecule has 0 bridgehead atoms. The van der Waals surface area contributed by atoms with Crippen LogP contribution in [-0.4, -0.2) is 110 Å². The Kier molecular flexibility index (Phi) is 62.6. The third-order valence-corrected chi connectivity index (χ3v) is 19.1. The molecule has 1 aliphatic rings. The van der Waals surface area contributed by atoms with E-state index in [4.69, 9.17) is 9.47 Å². The molecule has 518 valence electrons. The van der Waals surface area contributed by atoms with Gasteiger partial charge in [-0.25, -0.2) is 0 Å². The predicted molar refractivity (Wildman–Crippen MR) is 367 cm³/mol. The molecule has 0 spiro atoms. The number of carbonyl (C=O) groups is 1. The lowest BCUT2D eigenvalue weighted by Crippen LogP contribution is -2.60. The van der Waals surface area contributed by atoms with Gasteiger partial charge in [-0.2, -0.15) is 0 Å². The van der Waals surface area contributed by atoms with Crippen molar-refractivity contribution in [3.05, 3.63) is 12.2 Å². The number of hydrogen-bond acceptors (Lipinski definition) is 10. The number of amides is 1. The van der Waals surface area contributed by atoms with Gasteiger partial charge in [0.05, 0.1) is 25.4 Å². The minimum atomic E-state index is -1.67. The second kappa shape index (κ2) is 64.9. The van der Waals surface area contributed by atoms with Crippen LogP contribution in [0.25, 0.3) is 0 Å². The van der Waals surface area contributed by atoms with E-state index in [1.54, 1.807) is 0 Å². The van der Waals surface area contributed by atoms with Crippen molar-refractivity contribution in [1.29, 1.82) is 0 Å². The molecule has 87 heavy (non-hydrogen) atoms. The van der Waals surface area contributed by atoms with E-state index >= 15 is 0 Å². The minimum Gasteiger partial charge on any atom is -0.394 e. The molecular weight excluding hydrogens is 1090 g/mol. The van der Waals surface area contributed by atoms with E-state index in [2.05, 4.69) is 31.3 Å². The Morgan fingerprint density at radius 1 is 0.391 bits per heavy atom. The molecule has 9 unspecified atom stereocenters. The van der Waals surface area contributed by atoms with Gasteiger partial charge in [0, 0.05) is 0 Å². The zero-order valence-corrected chi connectivity index (χ0v) is 57.5. The number of carbonyl (C=O) groups excluding carboxylic acids is 1. The summed E-state index contributed by atoms with van der Waals surface area (Å²) in [6.45, 7) is 3.52. The first kappa shape index (κ1) is 83.9. The molecule has 1 amide bonds. The molecule has 0 aromatic carbocycles. The number of nitrogens with one attached hydrogen (secondary N) is 1. The van der Waals surface area contributed by atoms with Crippen molar-refractivity contribution in [2.24, 2.45) is 0 Å². The van der Waals surface area contributed by atoms with Crippen LogP contribution < -0.4 is 5.32 Å². The van der Waals surface area contributed by atoms with Gasteiger partial charge in [-0.15, -0.1) is 0 Å². The van der Waals surface area contributed by atoms with Crippen LogP contribution in [0, 0.1) is 0 Å². The Morgan fingerprint density at radius 3 is 0.989 bits per heavy atom. The van der Waals surface area contributed by atoms with Crippen LogP contribution in [0.3, 0.4) is 0 Å². The summed E-state index contributed by atoms with van der Waals surface area (Å²) < 4.78 is 11.2. The van der Waals surface area contributed by atoms with Gasteiger partial charge in [0.15, 0.2) is 6.29 Å². The summed E-state index contributed by atoms with van der Waals surface area (Å²) in [5.74, 6) is -0.696. The molecule has 9 atom stereocenters. The molecule has 0 aromatic rings. The number of hydrogen-bond donors (Lipinski definition) is 8. The average molecular weight is 1240 g/mol. The van der Waals surface area contributed by atoms with Crippen molar-refractivity contribution < 1.29 is 50.0 Å². The van der Waals surface area contributed by atoms with Gasteiger partial charge in [-0.1, -0.05) is 373 Å². The smallest absolute Gasteiger partial charge is 0.249 e. The molecule has 1 fully saturated rings. The normalized spacial score (nSPS) is 18.7. The first-order valence-corrected chi connectivity index (χ1v) is 38.6. The van der Waals surface area contributed by atoms with Crippen molar-refractivity contribution in [1.82, 2.24) is 5.32 Å². The van der Waals surface area contributed by atoms with Crippen LogP contribution in [0.15, 0.2) is 12.2 Å². The summed E-state index contributed by atoms with van der Waals surface area (Å²) in [5.41, 5.74) is 0. The number of aliphatic hydroxyl groups excluding tert-OH is 7. The molecule has 1 aliphatic heterocycles. The molecule has 11 heteroatoms. The van der Waals surface area contributed by atoms with Crippen molar-refractivity contribution >= 4 is 5.91 Å². The third-order valence-electron chi connectivity index (χ3n) is 19.1. The van der Waals surface area contributed by atoms with E-state index in [1.165, 1.54) is 327 Å². The van der Waals surface area contributed by atoms with Crippen LogP contribution in [-0.2, 0) is 14.3 Å². The maximum atomic E-state index is 13.3. The quantitative estimate of drug-likeness (QED) is 0.0215. The highest BCUT2D eigenvalue weighted by Gasteiger charge is 2.44. The summed E-state index contributed by atoms with van der Waals surface area (Å²) in [4.78, 5) is 13.3. The Hall–Kier alpha value is -1.15. The first-order valence-electron chi connectivity index (χ1n) is 38.6. The van der Waals surface area contributed by atoms with Crippen molar-refractivity contribution in [2.45, 2.75) is 454 Å². The zero-order valence-electron chi connectivity index (χ0n) is 57.5. The van der Waals surface area contributed by atoms with E-state index in [0.29, 0.717) is 12.8 Å². The van der Waals surface area contributed by atoms with Gasteiger partial charge >= 0.3 is 0 Å². The van der Waals surface area contributed by atoms with E-state index in [-0.39, 0.29) is 12.8 Å². The monoisotopic (exact) mass is 1240 g/mol. The highest BCUT2D eigenvalue weighted by molar-refractivity contribution is 5.80. The SMILES string of the molecule is CCCCCCCCCCCCCCCCCCCCCCCCCCCC/C=C/CCCC(O)C(O)C(COC1OC(CO)C(O)C(O)C1O)NC(=O)C(O)CCCCCCCCCCCCCCCCCCCCCCCCCCCCCCC.